The van der Waals surface area contributed by atoms with Gasteiger partial charge >= 0.3 is 12.0 Å². The predicted octanol–water partition coefficient (Wildman–Crippen LogP) is 1.68. The number of urea groups is 1. The third-order valence-corrected chi connectivity index (χ3v) is 3.26. The van der Waals surface area contributed by atoms with Crippen molar-refractivity contribution in [2.75, 3.05) is 6.54 Å². The Kier molecular flexibility index (Phi) is 6.43. The third kappa shape index (κ3) is 4.80. The van der Waals surface area contributed by atoms with Crippen LogP contribution in [-0.2, 0) is 9.53 Å². The van der Waals surface area contributed by atoms with Crippen molar-refractivity contribution >= 4 is 40.5 Å². The van der Waals surface area contributed by atoms with E-state index in [0.29, 0.717) is 12.1 Å². The van der Waals surface area contributed by atoms with E-state index in [1.807, 2.05) is 22.6 Å². The number of amides is 3. The fourth-order valence-electron chi connectivity index (χ4n) is 1.32. The highest BCUT2D eigenvalue weighted by molar-refractivity contribution is 14.1. The topological polar surface area (TPSA) is 84.5 Å². The third-order valence-electron chi connectivity index (χ3n) is 2.32. The van der Waals surface area contributed by atoms with Crippen LogP contribution in [0.15, 0.2) is 24.3 Å². The molecular formula is C13H15IN2O4. The van der Waals surface area contributed by atoms with Crippen LogP contribution in [0.1, 0.15) is 24.2 Å². The van der Waals surface area contributed by atoms with Crippen molar-refractivity contribution in [2.24, 2.45) is 0 Å². The van der Waals surface area contributed by atoms with E-state index < -0.39 is 24.0 Å². The fourth-order valence-corrected chi connectivity index (χ4v) is 1.93. The minimum atomic E-state index is -1.05. The first kappa shape index (κ1) is 16.4. The summed E-state index contributed by atoms with van der Waals surface area (Å²) >= 11 is 2.01. The minimum Gasteiger partial charge on any atom is -0.449 e. The molecule has 0 heterocycles. The van der Waals surface area contributed by atoms with E-state index in [4.69, 9.17) is 4.74 Å². The zero-order valence-corrected chi connectivity index (χ0v) is 13.3. The molecule has 0 radical (unpaired) electrons. The normalized spacial score (nSPS) is 11.3. The molecule has 1 rings (SSSR count). The molecule has 1 aromatic carbocycles. The molecule has 0 unspecified atom stereocenters. The van der Waals surface area contributed by atoms with Gasteiger partial charge in [-0.25, -0.2) is 9.59 Å². The number of carbonyl (C=O) groups is 3. The summed E-state index contributed by atoms with van der Waals surface area (Å²) in [6, 6.07) is 6.26. The SMILES string of the molecule is CCNC(=O)NC(=O)[C@H](C)OC(=O)c1ccccc1I. The standard InChI is InChI=1S/C13H15IN2O4/c1-3-15-13(19)16-11(17)8(2)20-12(18)9-6-4-5-7-10(9)14/h4-8H,3H2,1-2H3,(H2,15,16,17,19)/t8-/m0/s1. The van der Waals surface area contributed by atoms with E-state index >= 15 is 0 Å². The number of imide groups is 1. The lowest BCUT2D eigenvalue weighted by molar-refractivity contribution is -0.127. The number of hydrogen-bond donors (Lipinski definition) is 2. The second kappa shape index (κ2) is 7.83. The smallest absolute Gasteiger partial charge is 0.339 e. The zero-order valence-electron chi connectivity index (χ0n) is 11.1. The van der Waals surface area contributed by atoms with E-state index in [0.717, 1.165) is 3.57 Å². The van der Waals surface area contributed by atoms with Crippen molar-refractivity contribution in [3.05, 3.63) is 33.4 Å². The first-order valence-electron chi connectivity index (χ1n) is 6.00. The van der Waals surface area contributed by atoms with Crippen molar-refractivity contribution in [3.63, 3.8) is 0 Å². The Bertz CT molecular complexity index is 519. The Labute approximate surface area is 130 Å². The molecule has 6 nitrogen and oxygen atoms in total. The molecule has 0 bridgehead atoms. The van der Waals surface area contributed by atoms with Crippen molar-refractivity contribution in [2.45, 2.75) is 20.0 Å². The Balaban J connectivity index is 2.60. The van der Waals surface area contributed by atoms with Gasteiger partial charge in [0.1, 0.15) is 0 Å². The molecular weight excluding hydrogens is 375 g/mol. The summed E-state index contributed by atoms with van der Waals surface area (Å²) in [7, 11) is 0. The van der Waals surface area contributed by atoms with E-state index in [2.05, 4.69) is 10.6 Å². The van der Waals surface area contributed by atoms with Crippen LogP contribution in [0.5, 0.6) is 0 Å². The lowest BCUT2D eigenvalue weighted by Gasteiger charge is -2.13. The summed E-state index contributed by atoms with van der Waals surface area (Å²) in [6.45, 7) is 3.53. The number of rotatable bonds is 4. The van der Waals surface area contributed by atoms with Gasteiger partial charge in [-0.05, 0) is 48.6 Å². The number of carbonyl (C=O) groups excluding carboxylic acids is 3. The summed E-state index contributed by atoms with van der Waals surface area (Å²) in [5.74, 6) is -1.27. The Morgan fingerprint density at radius 3 is 2.55 bits per heavy atom. The highest BCUT2D eigenvalue weighted by Crippen LogP contribution is 2.13. The van der Waals surface area contributed by atoms with Crippen LogP contribution in [0, 0.1) is 3.57 Å². The van der Waals surface area contributed by atoms with Crippen molar-refractivity contribution in [1.29, 1.82) is 0 Å². The van der Waals surface area contributed by atoms with Gasteiger partial charge in [-0.2, -0.15) is 0 Å². The van der Waals surface area contributed by atoms with E-state index in [9.17, 15) is 14.4 Å². The average molecular weight is 390 g/mol. The number of ether oxygens (including phenoxy) is 1. The quantitative estimate of drug-likeness (QED) is 0.606. The van der Waals surface area contributed by atoms with Crippen molar-refractivity contribution in [3.8, 4) is 0 Å². The zero-order chi connectivity index (χ0) is 15.1. The largest absolute Gasteiger partial charge is 0.449 e. The number of halogens is 1. The van der Waals surface area contributed by atoms with Crippen molar-refractivity contribution < 1.29 is 19.1 Å². The summed E-state index contributed by atoms with van der Waals surface area (Å²) in [4.78, 5) is 34.7. The first-order valence-corrected chi connectivity index (χ1v) is 7.07. The highest BCUT2D eigenvalue weighted by atomic mass is 127. The predicted molar refractivity (Wildman–Crippen MR) is 81.3 cm³/mol. The van der Waals surface area contributed by atoms with Crippen LogP contribution >= 0.6 is 22.6 Å². The summed E-state index contributed by atoms with van der Waals surface area (Å²) < 4.78 is 5.75. The molecule has 20 heavy (non-hydrogen) atoms. The fraction of sp³-hybridized carbons (Fsp3) is 0.308. The highest BCUT2D eigenvalue weighted by Gasteiger charge is 2.21. The first-order chi connectivity index (χ1) is 9.45. The summed E-state index contributed by atoms with van der Waals surface area (Å²) in [5.41, 5.74) is 0.380. The molecule has 2 N–H and O–H groups in total. The number of nitrogens with one attached hydrogen (secondary N) is 2. The second-order valence-corrected chi connectivity index (χ2v) is 5.04. The molecule has 1 aromatic rings. The molecule has 0 saturated carbocycles. The lowest BCUT2D eigenvalue weighted by Crippen LogP contribution is -2.44. The molecule has 0 spiro atoms. The van der Waals surface area contributed by atoms with Gasteiger partial charge < -0.3 is 10.1 Å². The second-order valence-electron chi connectivity index (χ2n) is 3.88. The van der Waals surface area contributed by atoms with Gasteiger partial charge in [0.15, 0.2) is 6.10 Å². The molecule has 108 valence electrons. The molecule has 0 aliphatic carbocycles. The van der Waals surface area contributed by atoms with E-state index in [1.165, 1.54) is 6.92 Å². The number of esters is 1. The van der Waals surface area contributed by atoms with Gasteiger partial charge in [-0.15, -0.1) is 0 Å². The van der Waals surface area contributed by atoms with Crippen LogP contribution < -0.4 is 10.6 Å². The molecule has 0 aromatic heterocycles. The van der Waals surface area contributed by atoms with Gasteiger partial charge in [-0.3, -0.25) is 10.1 Å². The lowest BCUT2D eigenvalue weighted by atomic mass is 10.2. The van der Waals surface area contributed by atoms with Gasteiger partial charge in [-0.1, -0.05) is 12.1 Å². The Morgan fingerprint density at radius 1 is 1.30 bits per heavy atom. The molecule has 3 amide bonds. The summed E-state index contributed by atoms with van der Waals surface area (Å²) in [6.07, 6.45) is -1.05. The van der Waals surface area contributed by atoms with E-state index in [1.54, 1.807) is 31.2 Å². The van der Waals surface area contributed by atoms with Crippen LogP contribution in [0.25, 0.3) is 0 Å². The Morgan fingerprint density at radius 2 is 1.95 bits per heavy atom. The Hall–Kier alpha value is -1.64. The maximum atomic E-state index is 11.9. The average Bonchev–Trinajstić information content (AvgIpc) is 2.39. The van der Waals surface area contributed by atoms with Gasteiger partial charge in [0.2, 0.25) is 0 Å². The molecule has 1 atom stereocenters. The van der Waals surface area contributed by atoms with Crippen molar-refractivity contribution in [1.82, 2.24) is 10.6 Å². The van der Waals surface area contributed by atoms with E-state index in [-0.39, 0.29) is 0 Å². The number of hydrogen-bond acceptors (Lipinski definition) is 4. The molecule has 0 aliphatic heterocycles. The van der Waals surface area contributed by atoms with Crippen LogP contribution in [0.4, 0.5) is 4.79 Å². The van der Waals surface area contributed by atoms with Crippen LogP contribution in [-0.4, -0.2) is 30.6 Å². The molecule has 0 aliphatic rings. The molecule has 7 heteroatoms. The molecule has 0 saturated heterocycles. The van der Waals surface area contributed by atoms with Gasteiger partial charge in [0.25, 0.3) is 5.91 Å². The van der Waals surface area contributed by atoms with Gasteiger partial charge in [0, 0.05) is 10.1 Å². The maximum Gasteiger partial charge on any atom is 0.339 e. The van der Waals surface area contributed by atoms with Crippen LogP contribution in [0.3, 0.4) is 0 Å². The maximum absolute atomic E-state index is 11.9. The number of benzene rings is 1. The summed E-state index contributed by atoms with van der Waals surface area (Å²) in [5, 5.41) is 4.50. The molecule has 0 fully saturated rings. The van der Waals surface area contributed by atoms with Gasteiger partial charge in [0.05, 0.1) is 5.56 Å². The minimum absolute atomic E-state index is 0.380. The van der Waals surface area contributed by atoms with Crippen LogP contribution in [0.2, 0.25) is 0 Å². The monoisotopic (exact) mass is 390 g/mol.